The van der Waals surface area contributed by atoms with Gasteiger partial charge in [0.1, 0.15) is 0 Å². The predicted molar refractivity (Wildman–Crippen MR) is 64.5 cm³/mol. The highest BCUT2D eigenvalue weighted by Gasteiger charge is 2.40. The number of aliphatic hydroxyl groups is 1. The Morgan fingerprint density at radius 2 is 1.81 bits per heavy atom. The summed E-state index contributed by atoms with van der Waals surface area (Å²) in [6, 6.07) is 1.25. The number of piperidine rings is 1. The van der Waals surface area contributed by atoms with Gasteiger partial charge in [0.2, 0.25) is 0 Å². The zero-order valence-corrected chi connectivity index (χ0v) is 10.8. The smallest absolute Gasteiger partial charge is 0.0634 e. The lowest BCUT2D eigenvalue weighted by atomic mass is 9.97. The van der Waals surface area contributed by atoms with Crippen molar-refractivity contribution >= 4 is 0 Å². The van der Waals surface area contributed by atoms with E-state index in [1.807, 2.05) is 0 Å². The summed E-state index contributed by atoms with van der Waals surface area (Å²) in [5.74, 6) is 0. The molecule has 0 aromatic heterocycles. The number of nitrogens with zero attached hydrogens (tertiary/aromatic N) is 1. The molecule has 3 heteroatoms. The van der Waals surface area contributed by atoms with Crippen molar-refractivity contribution in [2.75, 3.05) is 13.7 Å². The van der Waals surface area contributed by atoms with E-state index in [4.69, 9.17) is 4.74 Å². The van der Waals surface area contributed by atoms with Crippen LogP contribution in [0.2, 0.25) is 0 Å². The molecule has 2 unspecified atom stereocenters. The lowest BCUT2D eigenvalue weighted by Crippen LogP contribution is -2.46. The van der Waals surface area contributed by atoms with Crippen LogP contribution in [0.25, 0.3) is 0 Å². The van der Waals surface area contributed by atoms with Gasteiger partial charge in [0, 0.05) is 25.7 Å². The van der Waals surface area contributed by atoms with E-state index in [0.717, 1.165) is 25.8 Å². The summed E-state index contributed by atoms with van der Waals surface area (Å²) in [6.07, 6.45) is 5.52. The van der Waals surface area contributed by atoms with Crippen molar-refractivity contribution in [1.29, 1.82) is 0 Å². The molecular formula is C13H25NO2. The lowest BCUT2D eigenvalue weighted by Gasteiger charge is -2.38. The van der Waals surface area contributed by atoms with E-state index < -0.39 is 0 Å². The monoisotopic (exact) mass is 227 g/mol. The molecule has 0 radical (unpaired) electrons. The van der Waals surface area contributed by atoms with Crippen LogP contribution < -0.4 is 0 Å². The maximum atomic E-state index is 9.73. The standard InChI is InChI=1S/C13H25NO2/c1-13(2,16-3)6-7-14-10-4-5-11(14)9-12(15)8-10/h10-12,15H,4-9H2,1-3H3. The Labute approximate surface area is 98.8 Å². The molecule has 2 aliphatic heterocycles. The first-order chi connectivity index (χ1) is 7.52. The van der Waals surface area contributed by atoms with Gasteiger partial charge < -0.3 is 9.84 Å². The first-order valence-electron chi connectivity index (χ1n) is 6.51. The molecule has 94 valence electrons. The van der Waals surface area contributed by atoms with Crippen LogP contribution >= 0.6 is 0 Å². The van der Waals surface area contributed by atoms with Crippen molar-refractivity contribution in [3.63, 3.8) is 0 Å². The van der Waals surface area contributed by atoms with Crippen LogP contribution in [0, 0.1) is 0 Å². The van der Waals surface area contributed by atoms with Crippen LogP contribution in [0.5, 0.6) is 0 Å². The molecule has 2 aliphatic rings. The van der Waals surface area contributed by atoms with Crippen molar-refractivity contribution in [3.8, 4) is 0 Å². The van der Waals surface area contributed by atoms with Gasteiger partial charge in [-0.05, 0) is 46.0 Å². The van der Waals surface area contributed by atoms with E-state index in [9.17, 15) is 5.11 Å². The van der Waals surface area contributed by atoms with Crippen LogP contribution in [0.1, 0.15) is 46.0 Å². The van der Waals surface area contributed by atoms with Crippen LogP contribution in [0.15, 0.2) is 0 Å². The molecule has 0 amide bonds. The van der Waals surface area contributed by atoms with Gasteiger partial charge in [0.25, 0.3) is 0 Å². The number of fused-ring (bicyclic) bond motifs is 2. The molecule has 2 bridgehead atoms. The van der Waals surface area contributed by atoms with Crippen LogP contribution in [0.4, 0.5) is 0 Å². The zero-order chi connectivity index (χ0) is 11.8. The second kappa shape index (κ2) is 4.63. The highest BCUT2D eigenvalue weighted by molar-refractivity contribution is 4.95. The van der Waals surface area contributed by atoms with E-state index >= 15 is 0 Å². The summed E-state index contributed by atoms with van der Waals surface area (Å²) in [5, 5.41) is 9.73. The van der Waals surface area contributed by atoms with E-state index in [1.165, 1.54) is 12.8 Å². The van der Waals surface area contributed by atoms with Gasteiger partial charge in [-0.3, -0.25) is 4.90 Å². The molecule has 2 fully saturated rings. The van der Waals surface area contributed by atoms with Gasteiger partial charge in [-0.15, -0.1) is 0 Å². The van der Waals surface area contributed by atoms with Gasteiger partial charge in [-0.1, -0.05) is 0 Å². The molecule has 2 saturated heterocycles. The molecule has 0 saturated carbocycles. The second-order valence-corrected chi connectivity index (χ2v) is 5.96. The molecule has 0 aromatic rings. The summed E-state index contributed by atoms with van der Waals surface area (Å²) in [5.41, 5.74) is -0.0183. The Kier molecular flexibility index (Phi) is 3.57. The van der Waals surface area contributed by atoms with E-state index in [0.29, 0.717) is 12.1 Å². The summed E-state index contributed by atoms with van der Waals surface area (Å²) >= 11 is 0. The average molecular weight is 227 g/mol. The number of aliphatic hydroxyl groups excluding tert-OH is 1. The van der Waals surface area contributed by atoms with Crippen LogP contribution in [-0.2, 0) is 4.74 Å². The third-order valence-electron chi connectivity index (χ3n) is 4.38. The Balaban J connectivity index is 1.87. The molecule has 3 nitrogen and oxygen atoms in total. The van der Waals surface area contributed by atoms with Crippen molar-refractivity contribution in [2.45, 2.75) is 69.7 Å². The van der Waals surface area contributed by atoms with E-state index in [1.54, 1.807) is 7.11 Å². The summed E-state index contributed by atoms with van der Waals surface area (Å²) in [4.78, 5) is 2.60. The zero-order valence-electron chi connectivity index (χ0n) is 10.8. The molecular weight excluding hydrogens is 202 g/mol. The van der Waals surface area contributed by atoms with E-state index in [2.05, 4.69) is 18.7 Å². The second-order valence-electron chi connectivity index (χ2n) is 5.96. The molecule has 2 atom stereocenters. The minimum atomic E-state index is -0.0517. The fraction of sp³-hybridized carbons (Fsp3) is 1.00. The number of hydrogen-bond donors (Lipinski definition) is 1. The molecule has 1 N–H and O–H groups in total. The summed E-state index contributed by atoms with van der Waals surface area (Å²) < 4.78 is 5.46. The Hall–Kier alpha value is -0.120. The third kappa shape index (κ3) is 2.58. The Bertz CT molecular complexity index is 228. The molecule has 2 heterocycles. The van der Waals surface area contributed by atoms with Crippen molar-refractivity contribution in [1.82, 2.24) is 4.90 Å². The highest BCUT2D eigenvalue weighted by Crippen LogP contribution is 2.36. The van der Waals surface area contributed by atoms with Crippen molar-refractivity contribution in [3.05, 3.63) is 0 Å². The number of methoxy groups -OCH3 is 1. The minimum absolute atomic E-state index is 0.0183. The van der Waals surface area contributed by atoms with Crippen LogP contribution in [0.3, 0.4) is 0 Å². The minimum Gasteiger partial charge on any atom is -0.393 e. The molecule has 0 aromatic carbocycles. The highest BCUT2D eigenvalue weighted by atomic mass is 16.5. The molecule has 0 aliphatic carbocycles. The average Bonchev–Trinajstić information content (AvgIpc) is 2.47. The third-order valence-corrected chi connectivity index (χ3v) is 4.38. The summed E-state index contributed by atoms with van der Waals surface area (Å²) in [6.45, 7) is 5.41. The Morgan fingerprint density at radius 3 is 2.31 bits per heavy atom. The quantitative estimate of drug-likeness (QED) is 0.795. The van der Waals surface area contributed by atoms with Crippen LogP contribution in [-0.4, -0.2) is 47.4 Å². The largest absolute Gasteiger partial charge is 0.393 e. The molecule has 16 heavy (non-hydrogen) atoms. The first kappa shape index (κ1) is 12.3. The fourth-order valence-corrected chi connectivity index (χ4v) is 3.11. The SMILES string of the molecule is COC(C)(C)CCN1C2CCC1CC(O)C2. The fourth-order valence-electron chi connectivity index (χ4n) is 3.11. The first-order valence-corrected chi connectivity index (χ1v) is 6.51. The summed E-state index contributed by atoms with van der Waals surface area (Å²) in [7, 11) is 1.79. The Morgan fingerprint density at radius 1 is 1.25 bits per heavy atom. The van der Waals surface area contributed by atoms with Gasteiger partial charge in [-0.2, -0.15) is 0 Å². The maximum absolute atomic E-state index is 9.73. The number of hydrogen-bond acceptors (Lipinski definition) is 3. The molecule has 2 rings (SSSR count). The van der Waals surface area contributed by atoms with Gasteiger partial charge in [0.05, 0.1) is 11.7 Å². The number of rotatable bonds is 4. The van der Waals surface area contributed by atoms with E-state index in [-0.39, 0.29) is 11.7 Å². The number of ether oxygens (including phenoxy) is 1. The van der Waals surface area contributed by atoms with Gasteiger partial charge in [-0.25, -0.2) is 0 Å². The lowest BCUT2D eigenvalue weighted by molar-refractivity contribution is -0.0124. The van der Waals surface area contributed by atoms with Crippen molar-refractivity contribution in [2.24, 2.45) is 0 Å². The topological polar surface area (TPSA) is 32.7 Å². The predicted octanol–water partition coefficient (Wildman–Crippen LogP) is 1.79. The van der Waals surface area contributed by atoms with Crippen molar-refractivity contribution < 1.29 is 9.84 Å². The maximum Gasteiger partial charge on any atom is 0.0634 e. The molecule has 0 spiro atoms. The van der Waals surface area contributed by atoms with Gasteiger partial charge >= 0.3 is 0 Å². The van der Waals surface area contributed by atoms with Gasteiger partial charge in [0.15, 0.2) is 0 Å². The normalized spacial score (nSPS) is 35.6.